The molecule has 34 heavy (non-hydrogen) atoms. The first-order chi connectivity index (χ1) is 16.5. The summed E-state index contributed by atoms with van der Waals surface area (Å²) in [6.45, 7) is 0.813. The van der Waals surface area contributed by atoms with Crippen molar-refractivity contribution in [1.82, 2.24) is 15.2 Å². The molecule has 1 fully saturated rings. The van der Waals surface area contributed by atoms with Crippen LogP contribution in [0.1, 0.15) is 28.9 Å². The number of ether oxygens (including phenoxy) is 3. The molecule has 1 saturated heterocycles. The maximum atomic E-state index is 13.3. The SMILES string of the molecule is COc1cc(C(=O)N2CCCC2C(=O)NCc2csc(-c3ccccc3)n2)cc(OC)c1OC. The first-order valence-corrected chi connectivity index (χ1v) is 11.8. The van der Waals surface area contributed by atoms with Gasteiger partial charge in [-0.25, -0.2) is 4.98 Å². The van der Waals surface area contributed by atoms with Gasteiger partial charge in [-0.05, 0) is 25.0 Å². The lowest BCUT2D eigenvalue weighted by Crippen LogP contribution is -2.45. The molecular weight excluding hydrogens is 454 g/mol. The first-order valence-electron chi connectivity index (χ1n) is 10.9. The molecule has 1 N–H and O–H groups in total. The van der Waals surface area contributed by atoms with Gasteiger partial charge in [0.1, 0.15) is 11.0 Å². The number of carbonyl (C=O) groups is 2. The van der Waals surface area contributed by atoms with Crippen molar-refractivity contribution in [2.75, 3.05) is 27.9 Å². The third-order valence-corrected chi connectivity index (χ3v) is 6.68. The zero-order chi connectivity index (χ0) is 24.1. The Balaban J connectivity index is 1.44. The van der Waals surface area contributed by atoms with E-state index >= 15 is 0 Å². The van der Waals surface area contributed by atoms with Gasteiger partial charge in [-0.1, -0.05) is 30.3 Å². The Morgan fingerprint density at radius 2 is 1.79 bits per heavy atom. The Hall–Kier alpha value is -3.59. The summed E-state index contributed by atoms with van der Waals surface area (Å²) in [5.74, 6) is 0.756. The molecular formula is C25H27N3O5S. The van der Waals surface area contributed by atoms with E-state index in [-0.39, 0.29) is 11.8 Å². The largest absolute Gasteiger partial charge is 0.493 e. The highest BCUT2D eigenvalue weighted by Crippen LogP contribution is 2.39. The van der Waals surface area contributed by atoms with Crippen LogP contribution in [0.5, 0.6) is 17.2 Å². The monoisotopic (exact) mass is 481 g/mol. The number of aromatic nitrogens is 1. The third-order valence-electron chi connectivity index (χ3n) is 5.74. The maximum absolute atomic E-state index is 13.3. The van der Waals surface area contributed by atoms with Crippen LogP contribution in [-0.2, 0) is 11.3 Å². The van der Waals surface area contributed by atoms with E-state index in [0.29, 0.717) is 42.3 Å². The molecule has 178 valence electrons. The average Bonchev–Trinajstić information content (AvgIpc) is 3.56. The first kappa shape index (κ1) is 23.6. The molecule has 2 aromatic carbocycles. The fraction of sp³-hybridized carbons (Fsp3) is 0.320. The normalized spacial score (nSPS) is 15.1. The number of amides is 2. The number of rotatable bonds is 8. The van der Waals surface area contributed by atoms with Crippen molar-refractivity contribution in [3.05, 3.63) is 59.1 Å². The van der Waals surface area contributed by atoms with Crippen molar-refractivity contribution in [3.8, 4) is 27.8 Å². The van der Waals surface area contributed by atoms with Crippen molar-refractivity contribution in [3.63, 3.8) is 0 Å². The summed E-state index contributed by atoms with van der Waals surface area (Å²) in [5, 5.41) is 5.80. The second-order valence-corrected chi connectivity index (χ2v) is 8.66. The van der Waals surface area contributed by atoms with E-state index in [9.17, 15) is 9.59 Å². The minimum absolute atomic E-state index is 0.187. The fourth-order valence-corrected chi connectivity index (χ4v) is 4.88. The van der Waals surface area contributed by atoms with E-state index in [1.807, 2.05) is 35.7 Å². The number of hydrogen-bond donors (Lipinski definition) is 1. The lowest BCUT2D eigenvalue weighted by molar-refractivity contribution is -0.125. The number of hydrogen-bond acceptors (Lipinski definition) is 7. The molecule has 0 radical (unpaired) electrons. The Labute approximate surface area is 202 Å². The number of thiazole rings is 1. The molecule has 1 atom stereocenters. The summed E-state index contributed by atoms with van der Waals surface area (Å²) in [6.07, 6.45) is 1.36. The van der Waals surface area contributed by atoms with Crippen LogP contribution >= 0.6 is 11.3 Å². The Morgan fingerprint density at radius 3 is 2.44 bits per heavy atom. The molecule has 9 heteroatoms. The zero-order valence-electron chi connectivity index (χ0n) is 19.4. The number of methoxy groups -OCH3 is 3. The quantitative estimate of drug-likeness (QED) is 0.527. The van der Waals surface area contributed by atoms with Gasteiger partial charge in [0.25, 0.3) is 5.91 Å². The van der Waals surface area contributed by atoms with Crippen molar-refractivity contribution < 1.29 is 23.8 Å². The van der Waals surface area contributed by atoms with Gasteiger partial charge in [0.2, 0.25) is 11.7 Å². The summed E-state index contributed by atoms with van der Waals surface area (Å²) in [7, 11) is 4.51. The zero-order valence-corrected chi connectivity index (χ0v) is 20.2. The molecule has 0 spiro atoms. The smallest absolute Gasteiger partial charge is 0.254 e. The highest BCUT2D eigenvalue weighted by Gasteiger charge is 2.35. The number of likely N-dealkylation sites (tertiary alicyclic amines) is 1. The number of nitrogens with one attached hydrogen (secondary N) is 1. The minimum Gasteiger partial charge on any atom is -0.493 e. The van der Waals surface area contributed by atoms with E-state index in [2.05, 4.69) is 10.3 Å². The molecule has 0 bridgehead atoms. The van der Waals surface area contributed by atoms with Crippen LogP contribution < -0.4 is 19.5 Å². The van der Waals surface area contributed by atoms with E-state index in [1.54, 1.807) is 17.0 Å². The van der Waals surface area contributed by atoms with Crippen molar-refractivity contribution >= 4 is 23.2 Å². The van der Waals surface area contributed by atoms with Crippen molar-refractivity contribution in [2.45, 2.75) is 25.4 Å². The number of benzene rings is 2. The summed E-state index contributed by atoms with van der Waals surface area (Å²) in [5.41, 5.74) is 2.21. The molecule has 0 aliphatic carbocycles. The molecule has 3 aromatic rings. The van der Waals surface area contributed by atoms with E-state index in [0.717, 1.165) is 22.7 Å². The fourth-order valence-electron chi connectivity index (χ4n) is 4.05. The van der Waals surface area contributed by atoms with Gasteiger partial charge in [-0.3, -0.25) is 9.59 Å². The standard InChI is InChI=1S/C25H27N3O5S/c1-31-20-12-17(13-21(32-2)22(20)33-3)25(30)28-11-7-10-19(28)23(29)26-14-18-15-34-24(27-18)16-8-5-4-6-9-16/h4-6,8-9,12-13,15,19H,7,10-11,14H2,1-3H3,(H,26,29). The molecule has 2 amide bonds. The van der Waals surface area contributed by atoms with Crippen LogP contribution in [0.2, 0.25) is 0 Å². The number of nitrogens with zero attached hydrogens (tertiary/aromatic N) is 2. The Bertz CT molecular complexity index is 1140. The van der Waals surface area contributed by atoms with Crippen LogP contribution in [0.4, 0.5) is 0 Å². The summed E-state index contributed by atoms with van der Waals surface area (Å²) in [4.78, 5) is 32.5. The van der Waals surface area contributed by atoms with E-state index in [4.69, 9.17) is 14.2 Å². The van der Waals surface area contributed by atoms with Crippen LogP contribution in [0.25, 0.3) is 10.6 Å². The molecule has 1 unspecified atom stereocenters. The van der Waals surface area contributed by atoms with Gasteiger partial charge in [0.15, 0.2) is 11.5 Å². The summed E-state index contributed by atoms with van der Waals surface area (Å²) < 4.78 is 16.1. The second-order valence-electron chi connectivity index (χ2n) is 7.80. The minimum atomic E-state index is -0.543. The molecule has 0 saturated carbocycles. The molecule has 1 aromatic heterocycles. The van der Waals surface area contributed by atoms with Gasteiger partial charge in [-0.15, -0.1) is 11.3 Å². The van der Waals surface area contributed by atoms with Crippen LogP contribution in [-0.4, -0.2) is 55.6 Å². The lowest BCUT2D eigenvalue weighted by atomic mass is 10.1. The van der Waals surface area contributed by atoms with Crippen molar-refractivity contribution in [1.29, 1.82) is 0 Å². The van der Waals surface area contributed by atoms with Gasteiger partial charge in [-0.2, -0.15) is 0 Å². The van der Waals surface area contributed by atoms with Crippen LogP contribution in [0.15, 0.2) is 47.8 Å². The third kappa shape index (κ3) is 4.84. The van der Waals surface area contributed by atoms with Gasteiger partial charge in [0, 0.05) is 23.1 Å². The highest BCUT2D eigenvalue weighted by molar-refractivity contribution is 7.13. The number of carbonyl (C=O) groups excluding carboxylic acids is 2. The van der Waals surface area contributed by atoms with E-state index in [1.165, 1.54) is 32.7 Å². The predicted octanol–water partition coefficient (Wildman–Crippen LogP) is 3.76. The molecule has 2 heterocycles. The Kier molecular flexibility index (Phi) is 7.32. The van der Waals surface area contributed by atoms with Crippen LogP contribution in [0, 0.1) is 0 Å². The van der Waals surface area contributed by atoms with Crippen LogP contribution in [0.3, 0.4) is 0 Å². The van der Waals surface area contributed by atoms with Gasteiger partial charge < -0.3 is 24.4 Å². The second kappa shape index (κ2) is 10.6. The summed E-state index contributed by atoms with van der Waals surface area (Å²) in [6, 6.07) is 12.6. The highest BCUT2D eigenvalue weighted by atomic mass is 32.1. The van der Waals surface area contributed by atoms with Gasteiger partial charge in [0.05, 0.1) is 33.6 Å². The molecule has 4 rings (SSSR count). The van der Waals surface area contributed by atoms with Crippen molar-refractivity contribution in [2.24, 2.45) is 0 Å². The molecule has 1 aliphatic rings. The molecule has 8 nitrogen and oxygen atoms in total. The topological polar surface area (TPSA) is 90.0 Å². The average molecular weight is 482 g/mol. The predicted molar refractivity (Wildman–Crippen MR) is 130 cm³/mol. The molecule has 1 aliphatic heterocycles. The summed E-state index contributed by atoms with van der Waals surface area (Å²) >= 11 is 1.54. The Morgan fingerprint density at radius 1 is 1.09 bits per heavy atom. The van der Waals surface area contributed by atoms with Gasteiger partial charge >= 0.3 is 0 Å². The van der Waals surface area contributed by atoms with E-state index < -0.39 is 6.04 Å². The lowest BCUT2D eigenvalue weighted by Gasteiger charge is -2.24. The maximum Gasteiger partial charge on any atom is 0.254 e.